The van der Waals surface area contributed by atoms with Crippen LogP contribution in [0.3, 0.4) is 0 Å². The van der Waals surface area contributed by atoms with Gasteiger partial charge in [-0.15, -0.1) is 0 Å². The second kappa shape index (κ2) is 2.01. The lowest BCUT2D eigenvalue weighted by atomic mass is 10.5. The van der Waals surface area contributed by atoms with E-state index >= 15 is 0 Å². The predicted molar refractivity (Wildman–Crippen MR) is 28.7 cm³/mol. The molecule has 0 amide bonds. The average Bonchev–Trinajstić information content (AvgIpc) is 1.64. The molecule has 1 rings (SSSR count). The Labute approximate surface area is 51.7 Å². The minimum Gasteiger partial charge on any atom is -0.859 e. The van der Waals surface area contributed by atoms with Crippen molar-refractivity contribution in [1.82, 2.24) is 4.98 Å². The SMILES string of the molecule is [O-]c1cccc(Cl)n1. The van der Waals surface area contributed by atoms with Gasteiger partial charge in [-0.2, -0.15) is 0 Å². The van der Waals surface area contributed by atoms with Gasteiger partial charge in [-0.1, -0.05) is 23.7 Å². The summed E-state index contributed by atoms with van der Waals surface area (Å²) in [4.78, 5) is 3.38. The van der Waals surface area contributed by atoms with E-state index in [0.717, 1.165) is 0 Å². The van der Waals surface area contributed by atoms with Crippen LogP contribution < -0.4 is 5.11 Å². The fraction of sp³-hybridized carbons (Fsp3) is 0. The molecule has 0 radical (unpaired) electrons. The molecule has 0 spiro atoms. The molecule has 0 atom stereocenters. The summed E-state index contributed by atoms with van der Waals surface area (Å²) in [6.45, 7) is 0. The van der Waals surface area contributed by atoms with Gasteiger partial charge in [0, 0.05) is 0 Å². The third kappa shape index (κ3) is 1.10. The molecule has 0 fully saturated rings. The quantitative estimate of drug-likeness (QED) is 0.485. The molecule has 0 aliphatic heterocycles. The Morgan fingerprint density at radius 2 is 2.25 bits per heavy atom. The first-order valence-corrected chi connectivity index (χ1v) is 2.46. The lowest BCUT2D eigenvalue weighted by Crippen LogP contribution is -1.91. The van der Waals surface area contributed by atoms with Gasteiger partial charge in [0.15, 0.2) is 0 Å². The van der Waals surface area contributed by atoms with Crippen LogP contribution in [-0.2, 0) is 0 Å². The highest BCUT2D eigenvalue weighted by Crippen LogP contribution is 2.05. The molecule has 0 aromatic carbocycles. The highest BCUT2D eigenvalue weighted by molar-refractivity contribution is 6.29. The molecule has 0 aliphatic carbocycles. The van der Waals surface area contributed by atoms with Crippen molar-refractivity contribution in [3.05, 3.63) is 23.4 Å². The summed E-state index contributed by atoms with van der Waals surface area (Å²) in [5.74, 6) is -0.294. The number of hydrogen-bond acceptors (Lipinski definition) is 2. The molecule has 0 saturated heterocycles. The summed E-state index contributed by atoms with van der Waals surface area (Å²) in [6, 6.07) is 4.48. The van der Waals surface area contributed by atoms with Gasteiger partial charge < -0.3 is 5.11 Å². The van der Waals surface area contributed by atoms with Gasteiger partial charge in [0.1, 0.15) is 5.15 Å². The molecule has 1 aromatic rings. The zero-order valence-electron chi connectivity index (χ0n) is 3.97. The first-order valence-electron chi connectivity index (χ1n) is 2.08. The number of nitrogens with zero attached hydrogens (tertiary/aromatic N) is 1. The van der Waals surface area contributed by atoms with Gasteiger partial charge >= 0.3 is 0 Å². The summed E-state index contributed by atoms with van der Waals surface area (Å²) in [5.41, 5.74) is 0. The summed E-state index contributed by atoms with van der Waals surface area (Å²) < 4.78 is 0. The molecule has 8 heavy (non-hydrogen) atoms. The van der Waals surface area contributed by atoms with Gasteiger partial charge in [-0.3, -0.25) is 4.98 Å². The van der Waals surface area contributed by atoms with Crippen molar-refractivity contribution in [2.45, 2.75) is 0 Å². The Morgan fingerprint density at radius 1 is 1.50 bits per heavy atom. The van der Waals surface area contributed by atoms with Crippen LogP contribution in [0, 0.1) is 0 Å². The first kappa shape index (κ1) is 5.38. The van der Waals surface area contributed by atoms with Crippen LogP contribution in [0.25, 0.3) is 0 Å². The van der Waals surface area contributed by atoms with E-state index in [2.05, 4.69) is 4.98 Å². The minimum atomic E-state index is -0.294. The third-order valence-electron chi connectivity index (χ3n) is 0.690. The molecule has 0 bridgehead atoms. The summed E-state index contributed by atoms with van der Waals surface area (Å²) >= 11 is 5.33. The largest absolute Gasteiger partial charge is 0.859 e. The van der Waals surface area contributed by atoms with E-state index < -0.39 is 0 Å². The molecule has 1 aromatic heterocycles. The van der Waals surface area contributed by atoms with Gasteiger partial charge in [0.25, 0.3) is 0 Å². The molecule has 0 N–H and O–H groups in total. The highest BCUT2D eigenvalue weighted by atomic mass is 35.5. The van der Waals surface area contributed by atoms with Crippen molar-refractivity contribution < 1.29 is 5.11 Å². The molecule has 0 unspecified atom stereocenters. The maximum atomic E-state index is 10.3. The van der Waals surface area contributed by atoms with Crippen molar-refractivity contribution >= 4 is 11.6 Å². The second-order valence-electron chi connectivity index (χ2n) is 1.30. The Hall–Kier alpha value is -0.760. The van der Waals surface area contributed by atoms with E-state index in [9.17, 15) is 5.11 Å². The van der Waals surface area contributed by atoms with Gasteiger partial charge in [0.2, 0.25) is 0 Å². The maximum absolute atomic E-state index is 10.3. The average molecular weight is 129 g/mol. The van der Waals surface area contributed by atoms with E-state index in [1.54, 1.807) is 12.1 Å². The van der Waals surface area contributed by atoms with Gasteiger partial charge in [-0.05, 0) is 11.9 Å². The molecule has 42 valence electrons. The minimum absolute atomic E-state index is 0.248. The Balaban J connectivity index is 3.08. The lowest BCUT2D eigenvalue weighted by molar-refractivity contribution is -0.274. The summed E-state index contributed by atoms with van der Waals surface area (Å²) in [6.07, 6.45) is 0. The zero-order valence-corrected chi connectivity index (χ0v) is 4.72. The third-order valence-corrected chi connectivity index (χ3v) is 0.900. The fourth-order valence-electron chi connectivity index (χ4n) is 0.390. The first-order chi connectivity index (χ1) is 3.79. The van der Waals surface area contributed by atoms with Crippen LogP contribution in [-0.4, -0.2) is 4.98 Å². The number of halogens is 1. The van der Waals surface area contributed by atoms with Gasteiger partial charge in [-0.25, -0.2) is 0 Å². The molecular weight excluding hydrogens is 126 g/mol. The highest BCUT2D eigenvalue weighted by Gasteiger charge is 1.80. The molecule has 1 heterocycles. The lowest BCUT2D eigenvalue weighted by Gasteiger charge is -1.99. The van der Waals surface area contributed by atoms with E-state index in [4.69, 9.17) is 11.6 Å². The van der Waals surface area contributed by atoms with E-state index in [-0.39, 0.29) is 11.0 Å². The molecule has 0 saturated carbocycles. The van der Waals surface area contributed by atoms with Crippen molar-refractivity contribution in [3.8, 4) is 5.88 Å². The Kier molecular flexibility index (Phi) is 1.35. The normalized spacial score (nSPS) is 9.12. The van der Waals surface area contributed by atoms with Crippen LogP contribution >= 0.6 is 11.6 Å². The monoisotopic (exact) mass is 128 g/mol. The zero-order chi connectivity index (χ0) is 5.98. The molecule has 2 nitrogen and oxygen atoms in total. The molecular formula is C5H3ClNO-. The number of rotatable bonds is 0. The van der Waals surface area contributed by atoms with Crippen LogP contribution in [0.5, 0.6) is 5.88 Å². The van der Waals surface area contributed by atoms with Crippen molar-refractivity contribution in [3.63, 3.8) is 0 Å². The summed E-state index contributed by atoms with van der Waals surface area (Å²) in [7, 11) is 0. The fourth-order valence-corrected chi connectivity index (χ4v) is 0.546. The van der Waals surface area contributed by atoms with Crippen molar-refractivity contribution in [2.75, 3.05) is 0 Å². The van der Waals surface area contributed by atoms with Crippen molar-refractivity contribution in [2.24, 2.45) is 0 Å². The molecule has 3 heteroatoms. The Morgan fingerprint density at radius 3 is 2.62 bits per heavy atom. The van der Waals surface area contributed by atoms with Crippen LogP contribution in [0.1, 0.15) is 0 Å². The Bertz CT molecular complexity index is 172. The smallest absolute Gasteiger partial charge is 0.128 e. The van der Waals surface area contributed by atoms with Crippen LogP contribution in [0.15, 0.2) is 18.2 Å². The second-order valence-corrected chi connectivity index (χ2v) is 1.69. The van der Waals surface area contributed by atoms with Crippen LogP contribution in [0.2, 0.25) is 5.15 Å². The van der Waals surface area contributed by atoms with Gasteiger partial charge in [0.05, 0.1) is 0 Å². The standard InChI is InChI=1S/C5H4ClNO/c6-4-2-1-3-5(8)7-4/h1-3H,(H,7,8)/p-1. The predicted octanol–water partition coefficient (Wildman–Crippen LogP) is 0.809. The maximum Gasteiger partial charge on any atom is 0.128 e. The van der Waals surface area contributed by atoms with E-state index in [1.807, 2.05) is 0 Å². The van der Waals surface area contributed by atoms with E-state index in [0.29, 0.717) is 0 Å². The van der Waals surface area contributed by atoms with Crippen LogP contribution in [0.4, 0.5) is 0 Å². The summed E-state index contributed by atoms with van der Waals surface area (Å²) in [5, 5.41) is 10.5. The van der Waals surface area contributed by atoms with E-state index in [1.165, 1.54) is 6.07 Å². The molecule has 0 aliphatic rings. The topological polar surface area (TPSA) is 36.0 Å². The number of pyridine rings is 1. The number of hydrogen-bond donors (Lipinski definition) is 0. The van der Waals surface area contributed by atoms with Crippen molar-refractivity contribution in [1.29, 1.82) is 0 Å². The number of aromatic nitrogens is 1.